The Morgan fingerprint density at radius 1 is 1.27 bits per heavy atom. The predicted octanol–water partition coefficient (Wildman–Crippen LogP) is -0.0382. The molecule has 3 atom stereocenters. The van der Waals surface area contributed by atoms with Crippen LogP contribution >= 0.6 is 0 Å². The third-order valence-electron chi connectivity index (χ3n) is 2.05. The van der Waals surface area contributed by atoms with Crippen molar-refractivity contribution in [2.24, 2.45) is 11.5 Å². The molecule has 0 aromatic carbocycles. The maximum atomic E-state index is 11.4. The molecular weight excluding hydrogens is 196 g/mol. The topological polar surface area (TPSA) is 95.4 Å². The Hall–Kier alpha value is -0.940. The number of Topliss-reactive ketones (excluding diaryl/α,β-unsaturated/α-hetero) is 1. The minimum absolute atomic E-state index is 0.0949. The van der Waals surface area contributed by atoms with E-state index in [2.05, 4.69) is 0 Å². The van der Waals surface area contributed by atoms with Gasteiger partial charge in [-0.1, -0.05) is 6.92 Å². The molecule has 0 radical (unpaired) electrons. The van der Waals surface area contributed by atoms with Crippen LogP contribution in [0.25, 0.3) is 0 Å². The van der Waals surface area contributed by atoms with Crippen molar-refractivity contribution in [1.29, 1.82) is 0 Å². The summed E-state index contributed by atoms with van der Waals surface area (Å²) >= 11 is 0. The maximum Gasteiger partial charge on any atom is 0.322 e. The van der Waals surface area contributed by atoms with E-state index in [0.717, 1.165) is 6.42 Å². The van der Waals surface area contributed by atoms with Crippen LogP contribution in [0.4, 0.5) is 0 Å². The van der Waals surface area contributed by atoms with E-state index in [0.29, 0.717) is 6.42 Å². The molecule has 0 aromatic heterocycles. The van der Waals surface area contributed by atoms with Crippen LogP contribution in [0.3, 0.4) is 0 Å². The zero-order chi connectivity index (χ0) is 12.0. The number of rotatable bonds is 6. The van der Waals surface area contributed by atoms with Crippen molar-refractivity contribution in [3.05, 3.63) is 0 Å². The SMILES string of the molecule is CCCC(=O)[C@@H](N)[C@@H](C)OC(=O)[C@H](C)N. The number of hydrogen-bond donors (Lipinski definition) is 2. The molecule has 0 saturated heterocycles. The summed E-state index contributed by atoms with van der Waals surface area (Å²) in [6.07, 6.45) is 0.518. The first kappa shape index (κ1) is 14.1. The second-order valence-electron chi connectivity index (χ2n) is 3.67. The highest BCUT2D eigenvalue weighted by Crippen LogP contribution is 2.03. The van der Waals surface area contributed by atoms with E-state index in [4.69, 9.17) is 16.2 Å². The van der Waals surface area contributed by atoms with Crippen LogP contribution in [-0.4, -0.2) is 29.9 Å². The smallest absolute Gasteiger partial charge is 0.322 e. The highest BCUT2D eigenvalue weighted by atomic mass is 16.5. The monoisotopic (exact) mass is 216 g/mol. The highest BCUT2D eigenvalue weighted by molar-refractivity contribution is 5.85. The number of esters is 1. The van der Waals surface area contributed by atoms with Gasteiger partial charge in [0.05, 0.1) is 0 Å². The summed E-state index contributed by atoms with van der Waals surface area (Å²) < 4.78 is 4.93. The third kappa shape index (κ3) is 4.90. The average Bonchev–Trinajstić information content (AvgIpc) is 2.16. The van der Waals surface area contributed by atoms with Crippen molar-refractivity contribution in [2.45, 2.75) is 51.8 Å². The van der Waals surface area contributed by atoms with Crippen molar-refractivity contribution < 1.29 is 14.3 Å². The number of carbonyl (C=O) groups excluding carboxylic acids is 2. The number of nitrogens with two attached hydrogens (primary N) is 2. The Bertz CT molecular complexity index is 229. The van der Waals surface area contributed by atoms with Gasteiger partial charge >= 0.3 is 5.97 Å². The van der Waals surface area contributed by atoms with Gasteiger partial charge in [0, 0.05) is 6.42 Å². The molecule has 0 bridgehead atoms. The lowest BCUT2D eigenvalue weighted by molar-refractivity contribution is -0.151. The zero-order valence-electron chi connectivity index (χ0n) is 9.53. The lowest BCUT2D eigenvalue weighted by Gasteiger charge is -2.20. The fraction of sp³-hybridized carbons (Fsp3) is 0.800. The van der Waals surface area contributed by atoms with E-state index < -0.39 is 24.2 Å². The molecule has 0 unspecified atom stereocenters. The van der Waals surface area contributed by atoms with Crippen LogP contribution in [0.15, 0.2) is 0 Å². The summed E-state index contributed by atoms with van der Waals surface area (Å²) in [6.45, 7) is 5.01. The summed E-state index contributed by atoms with van der Waals surface area (Å²) in [5.41, 5.74) is 10.9. The Kier molecular flexibility index (Phi) is 6.12. The third-order valence-corrected chi connectivity index (χ3v) is 2.05. The van der Waals surface area contributed by atoms with Gasteiger partial charge in [-0.3, -0.25) is 9.59 Å². The minimum Gasteiger partial charge on any atom is -0.459 e. The molecular formula is C10H20N2O3. The van der Waals surface area contributed by atoms with Crippen LogP contribution in [0.2, 0.25) is 0 Å². The molecule has 0 amide bonds. The summed E-state index contributed by atoms with van der Waals surface area (Å²) in [6, 6.07) is -1.45. The first-order valence-electron chi connectivity index (χ1n) is 5.14. The molecule has 5 nitrogen and oxygen atoms in total. The molecule has 0 aliphatic carbocycles. The van der Waals surface area contributed by atoms with E-state index in [1.807, 2.05) is 6.92 Å². The second-order valence-corrected chi connectivity index (χ2v) is 3.67. The van der Waals surface area contributed by atoms with E-state index in [9.17, 15) is 9.59 Å². The summed E-state index contributed by atoms with van der Waals surface area (Å²) in [5.74, 6) is -0.635. The standard InChI is InChI=1S/C10H20N2O3/c1-4-5-8(13)9(12)7(3)15-10(14)6(2)11/h6-7,9H,4-5,11-12H2,1-3H3/t6-,7+,9-/m0/s1. The molecule has 88 valence electrons. The van der Waals surface area contributed by atoms with E-state index in [-0.39, 0.29) is 5.78 Å². The van der Waals surface area contributed by atoms with Gasteiger partial charge in [0.1, 0.15) is 18.2 Å². The molecule has 4 N–H and O–H groups in total. The zero-order valence-corrected chi connectivity index (χ0v) is 9.53. The average molecular weight is 216 g/mol. The number of carbonyl (C=O) groups is 2. The largest absolute Gasteiger partial charge is 0.459 e. The molecule has 0 fully saturated rings. The minimum atomic E-state index is -0.757. The second kappa shape index (κ2) is 6.53. The van der Waals surface area contributed by atoms with Crippen molar-refractivity contribution >= 4 is 11.8 Å². The normalized spacial score (nSPS) is 16.6. The lowest BCUT2D eigenvalue weighted by Crippen LogP contribution is -2.44. The quantitative estimate of drug-likeness (QED) is 0.607. The van der Waals surface area contributed by atoms with Crippen LogP contribution in [-0.2, 0) is 14.3 Å². The summed E-state index contributed by atoms with van der Waals surface area (Å²) in [7, 11) is 0. The molecule has 0 rings (SSSR count). The Balaban J connectivity index is 4.14. The fourth-order valence-corrected chi connectivity index (χ4v) is 1.04. The van der Waals surface area contributed by atoms with E-state index in [1.165, 1.54) is 6.92 Å². The van der Waals surface area contributed by atoms with Crippen molar-refractivity contribution in [2.75, 3.05) is 0 Å². The Morgan fingerprint density at radius 3 is 2.20 bits per heavy atom. The van der Waals surface area contributed by atoms with Crippen LogP contribution in [0.1, 0.15) is 33.6 Å². The van der Waals surface area contributed by atoms with Crippen molar-refractivity contribution in [1.82, 2.24) is 0 Å². The van der Waals surface area contributed by atoms with Crippen LogP contribution < -0.4 is 11.5 Å². The molecule has 0 heterocycles. The predicted molar refractivity (Wildman–Crippen MR) is 57.1 cm³/mol. The number of ketones is 1. The molecule has 0 saturated carbocycles. The van der Waals surface area contributed by atoms with Crippen LogP contribution in [0, 0.1) is 0 Å². The van der Waals surface area contributed by atoms with Gasteiger partial charge in [-0.2, -0.15) is 0 Å². The van der Waals surface area contributed by atoms with Gasteiger partial charge < -0.3 is 16.2 Å². The summed E-state index contributed by atoms with van der Waals surface area (Å²) in [5, 5.41) is 0. The van der Waals surface area contributed by atoms with Gasteiger partial charge in [-0.15, -0.1) is 0 Å². The maximum absolute atomic E-state index is 11.4. The Labute approximate surface area is 90.1 Å². The number of hydrogen-bond acceptors (Lipinski definition) is 5. The fourth-order valence-electron chi connectivity index (χ4n) is 1.04. The Morgan fingerprint density at radius 2 is 1.80 bits per heavy atom. The highest BCUT2D eigenvalue weighted by Gasteiger charge is 2.24. The van der Waals surface area contributed by atoms with Gasteiger partial charge in [0.15, 0.2) is 5.78 Å². The van der Waals surface area contributed by atoms with Gasteiger partial charge in [-0.05, 0) is 20.3 Å². The van der Waals surface area contributed by atoms with Gasteiger partial charge in [0.25, 0.3) is 0 Å². The molecule has 0 aliphatic heterocycles. The molecule has 0 aromatic rings. The van der Waals surface area contributed by atoms with Crippen LogP contribution in [0.5, 0.6) is 0 Å². The van der Waals surface area contributed by atoms with E-state index in [1.54, 1.807) is 6.92 Å². The summed E-state index contributed by atoms with van der Waals surface area (Å²) in [4.78, 5) is 22.5. The molecule has 5 heteroatoms. The lowest BCUT2D eigenvalue weighted by atomic mass is 10.0. The van der Waals surface area contributed by atoms with Crippen molar-refractivity contribution in [3.8, 4) is 0 Å². The molecule has 0 aliphatic rings. The molecule has 0 spiro atoms. The molecule has 15 heavy (non-hydrogen) atoms. The van der Waals surface area contributed by atoms with Crippen molar-refractivity contribution in [3.63, 3.8) is 0 Å². The van der Waals surface area contributed by atoms with E-state index >= 15 is 0 Å². The van der Waals surface area contributed by atoms with Gasteiger partial charge in [-0.25, -0.2) is 0 Å². The van der Waals surface area contributed by atoms with Gasteiger partial charge in [0.2, 0.25) is 0 Å². The first-order chi connectivity index (χ1) is 6.90. The first-order valence-corrected chi connectivity index (χ1v) is 5.14. The number of ether oxygens (including phenoxy) is 1.